The van der Waals surface area contributed by atoms with E-state index >= 15 is 0 Å². The summed E-state index contributed by atoms with van der Waals surface area (Å²) in [4.78, 5) is 5.41. The molecule has 0 saturated heterocycles. The van der Waals surface area contributed by atoms with Crippen molar-refractivity contribution in [2.24, 2.45) is 4.99 Å². The van der Waals surface area contributed by atoms with Crippen molar-refractivity contribution in [3.8, 4) is 0 Å². The van der Waals surface area contributed by atoms with Crippen molar-refractivity contribution in [2.45, 2.75) is 0 Å². The van der Waals surface area contributed by atoms with Gasteiger partial charge in [-0.25, -0.2) is 4.99 Å². The van der Waals surface area contributed by atoms with Crippen LogP contribution in [0.25, 0.3) is 0 Å². The average molecular weight is 212 g/mol. The van der Waals surface area contributed by atoms with E-state index in [1.807, 2.05) is 6.34 Å². The van der Waals surface area contributed by atoms with Crippen molar-refractivity contribution in [3.05, 3.63) is 0 Å². The lowest BCUT2D eigenvalue weighted by Crippen LogP contribution is -3.06. The average Bonchev–Trinajstić information content (AvgIpc) is 1.86. The summed E-state index contributed by atoms with van der Waals surface area (Å²) in [5.41, 5.74) is 0. The SMILES string of the molecule is C[NH+]1C=NCC1.[I-]. The van der Waals surface area contributed by atoms with Gasteiger partial charge in [-0.3, -0.25) is 4.90 Å². The van der Waals surface area contributed by atoms with Gasteiger partial charge in [-0.2, -0.15) is 0 Å². The molecule has 1 aliphatic heterocycles. The maximum absolute atomic E-state index is 4.00. The predicted molar refractivity (Wildman–Crippen MR) is 25.1 cm³/mol. The van der Waals surface area contributed by atoms with Crippen LogP contribution in [0.3, 0.4) is 0 Å². The maximum atomic E-state index is 4.00. The smallest absolute Gasteiger partial charge is 0.183 e. The summed E-state index contributed by atoms with van der Waals surface area (Å²) < 4.78 is 0. The molecule has 0 aromatic carbocycles. The van der Waals surface area contributed by atoms with E-state index < -0.39 is 0 Å². The van der Waals surface area contributed by atoms with Crippen LogP contribution < -0.4 is 28.9 Å². The van der Waals surface area contributed by atoms with E-state index in [-0.39, 0.29) is 24.0 Å². The van der Waals surface area contributed by atoms with Crippen LogP contribution >= 0.6 is 0 Å². The van der Waals surface area contributed by atoms with E-state index in [0.29, 0.717) is 0 Å². The summed E-state index contributed by atoms with van der Waals surface area (Å²) in [5, 5.41) is 0. The summed E-state index contributed by atoms with van der Waals surface area (Å²) in [6.07, 6.45) is 1.94. The van der Waals surface area contributed by atoms with Gasteiger partial charge < -0.3 is 24.0 Å². The first-order valence-corrected chi connectivity index (χ1v) is 2.22. The third-order valence-electron chi connectivity index (χ3n) is 0.947. The predicted octanol–water partition coefficient (Wildman–Crippen LogP) is -4.45. The van der Waals surface area contributed by atoms with E-state index in [2.05, 4.69) is 12.0 Å². The van der Waals surface area contributed by atoms with Gasteiger partial charge in [0.15, 0.2) is 6.34 Å². The molecule has 7 heavy (non-hydrogen) atoms. The monoisotopic (exact) mass is 212 g/mol. The normalized spacial score (nSPS) is 27.3. The van der Waals surface area contributed by atoms with E-state index in [0.717, 1.165) is 6.54 Å². The molecule has 0 aromatic rings. The molecule has 0 saturated carbocycles. The van der Waals surface area contributed by atoms with Crippen molar-refractivity contribution < 1.29 is 28.9 Å². The fourth-order valence-corrected chi connectivity index (χ4v) is 0.526. The summed E-state index contributed by atoms with van der Waals surface area (Å²) in [7, 11) is 2.11. The Bertz CT molecular complexity index is 72.1. The molecule has 0 aromatic heterocycles. The van der Waals surface area contributed by atoms with Crippen LogP contribution in [0.4, 0.5) is 0 Å². The zero-order valence-corrected chi connectivity index (χ0v) is 6.47. The largest absolute Gasteiger partial charge is 1.00 e. The molecule has 2 nitrogen and oxygen atoms in total. The third-order valence-corrected chi connectivity index (χ3v) is 0.947. The van der Waals surface area contributed by atoms with Crippen LogP contribution in [0.5, 0.6) is 0 Å². The van der Waals surface area contributed by atoms with Gasteiger partial charge in [0.05, 0.1) is 13.6 Å². The molecule has 1 N–H and O–H groups in total. The molecule has 1 heterocycles. The number of hydrogen-bond acceptors (Lipinski definition) is 1. The highest BCUT2D eigenvalue weighted by Crippen LogP contribution is 1.62. The number of hydrogen-bond donors (Lipinski definition) is 1. The van der Waals surface area contributed by atoms with Gasteiger partial charge >= 0.3 is 0 Å². The van der Waals surface area contributed by atoms with E-state index in [1.165, 1.54) is 11.4 Å². The van der Waals surface area contributed by atoms with Crippen molar-refractivity contribution in [2.75, 3.05) is 20.1 Å². The van der Waals surface area contributed by atoms with Crippen molar-refractivity contribution in [1.82, 2.24) is 0 Å². The third kappa shape index (κ3) is 2.23. The molecule has 42 valence electrons. The minimum Gasteiger partial charge on any atom is -1.00 e. The summed E-state index contributed by atoms with van der Waals surface area (Å²) in [5.74, 6) is 0. The van der Waals surface area contributed by atoms with E-state index in [1.54, 1.807) is 0 Å². The first kappa shape index (κ1) is 7.36. The van der Waals surface area contributed by atoms with E-state index in [4.69, 9.17) is 0 Å². The summed E-state index contributed by atoms with van der Waals surface area (Å²) in [6, 6.07) is 0. The lowest BCUT2D eigenvalue weighted by atomic mass is 10.6. The number of rotatable bonds is 0. The summed E-state index contributed by atoms with van der Waals surface area (Å²) in [6.45, 7) is 2.20. The first-order valence-electron chi connectivity index (χ1n) is 2.22. The minimum absolute atomic E-state index is 0. The second-order valence-electron chi connectivity index (χ2n) is 1.63. The standard InChI is InChI=1S/C4H8N2.HI/c1-6-3-2-5-4-6;/h4H,2-3H2,1H3;1H. The second-order valence-corrected chi connectivity index (χ2v) is 1.63. The van der Waals surface area contributed by atoms with Crippen molar-refractivity contribution in [1.29, 1.82) is 0 Å². The van der Waals surface area contributed by atoms with Crippen LogP contribution in [-0.4, -0.2) is 26.5 Å². The fourth-order valence-electron chi connectivity index (χ4n) is 0.526. The molecule has 3 heteroatoms. The van der Waals surface area contributed by atoms with Gasteiger partial charge in [-0.05, 0) is 0 Å². The Morgan fingerprint density at radius 3 is 2.57 bits per heavy atom. The van der Waals surface area contributed by atoms with Crippen molar-refractivity contribution in [3.63, 3.8) is 0 Å². The zero-order chi connectivity index (χ0) is 4.41. The Morgan fingerprint density at radius 2 is 2.43 bits per heavy atom. The quantitative estimate of drug-likeness (QED) is 0.390. The van der Waals surface area contributed by atoms with E-state index in [9.17, 15) is 0 Å². The topological polar surface area (TPSA) is 16.8 Å². The van der Waals surface area contributed by atoms with Gasteiger partial charge in [0.2, 0.25) is 0 Å². The van der Waals surface area contributed by atoms with Gasteiger partial charge in [0, 0.05) is 0 Å². The Labute approximate surface area is 60.6 Å². The maximum Gasteiger partial charge on any atom is 0.183 e. The van der Waals surface area contributed by atoms with Gasteiger partial charge in [-0.1, -0.05) is 0 Å². The lowest BCUT2D eigenvalue weighted by molar-refractivity contribution is -0.766. The molecule has 1 atom stereocenters. The number of nitrogens with zero attached hydrogens (tertiary/aromatic N) is 1. The number of nitrogens with one attached hydrogen (secondary N) is 1. The fraction of sp³-hybridized carbons (Fsp3) is 0.750. The molecule has 0 aliphatic carbocycles. The second kappa shape index (κ2) is 3.37. The number of likely N-dealkylation sites (N-methyl/N-ethyl adjacent to an activating group) is 1. The molecule has 0 fully saturated rings. The highest BCUT2D eigenvalue weighted by molar-refractivity contribution is 5.44. The van der Waals surface area contributed by atoms with Crippen LogP contribution in [0, 0.1) is 0 Å². The molecule has 0 bridgehead atoms. The number of aliphatic imine (C=N–C) groups is 1. The highest BCUT2D eigenvalue weighted by atomic mass is 127. The molecule has 0 spiro atoms. The Kier molecular flexibility index (Phi) is 3.55. The van der Waals surface area contributed by atoms with Gasteiger partial charge in [-0.15, -0.1) is 0 Å². The minimum atomic E-state index is 0. The van der Waals surface area contributed by atoms with Crippen LogP contribution in [0.2, 0.25) is 0 Å². The highest BCUT2D eigenvalue weighted by Gasteiger charge is 2.00. The number of quaternary nitrogens is 1. The molecular weight excluding hydrogens is 203 g/mol. The molecule has 0 radical (unpaired) electrons. The van der Waals surface area contributed by atoms with Gasteiger partial charge in [0.25, 0.3) is 0 Å². The summed E-state index contributed by atoms with van der Waals surface area (Å²) >= 11 is 0. The van der Waals surface area contributed by atoms with Crippen molar-refractivity contribution >= 4 is 6.34 Å². The Balaban J connectivity index is 0.000000360. The molecule has 0 amide bonds. The molecule has 1 rings (SSSR count). The zero-order valence-electron chi connectivity index (χ0n) is 4.32. The Hall–Kier alpha value is 0.360. The van der Waals surface area contributed by atoms with Gasteiger partial charge in [0.1, 0.15) is 6.54 Å². The number of halogens is 1. The Morgan fingerprint density at radius 1 is 1.71 bits per heavy atom. The molecule has 1 unspecified atom stereocenters. The first-order chi connectivity index (χ1) is 2.89. The van der Waals surface area contributed by atoms with Crippen LogP contribution in [0.15, 0.2) is 4.99 Å². The molecular formula is C4H9IN2. The van der Waals surface area contributed by atoms with Crippen LogP contribution in [-0.2, 0) is 0 Å². The lowest BCUT2D eigenvalue weighted by Gasteiger charge is -1.92. The molecule has 1 aliphatic rings. The van der Waals surface area contributed by atoms with Crippen LogP contribution in [0.1, 0.15) is 0 Å².